The minimum absolute atomic E-state index is 0.349. The van der Waals surface area contributed by atoms with Crippen LogP contribution in [0.1, 0.15) is 28.6 Å². The highest BCUT2D eigenvalue weighted by Crippen LogP contribution is 2.20. The van der Waals surface area contributed by atoms with E-state index in [-0.39, 0.29) is 0 Å². The molecule has 1 unspecified atom stereocenters. The van der Waals surface area contributed by atoms with E-state index in [1.807, 2.05) is 50.2 Å². The molecule has 0 amide bonds. The quantitative estimate of drug-likeness (QED) is 0.893. The summed E-state index contributed by atoms with van der Waals surface area (Å²) in [6, 6.07) is 13.4. The van der Waals surface area contributed by atoms with Crippen LogP contribution in [-0.4, -0.2) is 16.6 Å². The molecule has 1 aromatic heterocycles. The standard InChI is InChI=1S/C16H17N3O/c1-11-8-15(14(9-17)12(2)19-11)18-10-16(20)13-6-4-3-5-7-13/h3-8,16,20H,10H2,1-2H3,(H,18,19). The van der Waals surface area contributed by atoms with Crippen molar-refractivity contribution < 1.29 is 5.11 Å². The van der Waals surface area contributed by atoms with E-state index in [4.69, 9.17) is 0 Å². The summed E-state index contributed by atoms with van der Waals surface area (Å²) in [4.78, 5) is 4.27. The number of pyridine rings is 1. The number of aromatic nitrogens is 1. The lowest BCUT2D eigenvalue weighted by Gasteiger charge is -2.15. The molecule has 1 aromatic carbocycles. The molecule has 0 saturated heterocycles. The Balaban J connectivity index is 2.14. The predicted octanol–water partition coefficient (Wildman–Crippen LogP) is 2.72. The number of rotatable bonds is 4. The normalized spacial score (nSPS) is 11.7. The molecule has 4 heteroatoms. The van der Waals surface area contributed by atoms with Gasteiger partial charge in [-0.1, -0.05) is 30.3 Å². The predicted molar refractivity (Wildman–Crippen MR) is 78.3 cm³/mol. The van der Waals surface area contributed by atoms with E-state index in [2.05, 4.69) is 16.4 Å². The Kier molecular flexibility index (Phi) is 4.34. The summed E-state index contributed by atoms with van der Waals surface area (Å²) in [5.41, 5.74) is 3.63. The van der Waals surface area contributed by atoms with E-state index >= 15 is 0 Å². The molecular weight excluding hydrogens is 250 g/mol. The molecule has 0 aliphatic carbocycles. The van der Waals surface area contributed by atoms with Crippen LogP contribution >= 0.6 is 0 Å². The molecule has 2 aromatic rings. The average Bonchev–Trinajstić information content (AvgIpc) is 2.45. The van der Waals surface area contributed by atoms with Gasteiger partial charge in [-0.15, -0.1) is 0 Å². The van der Waals surface area contributed by atoms with Gasteiger partial charge in [0.05, 0.1) is 23.0 Å². The lowest BCUT2D eigenvalue weighted by atomic mass is 10.1. The molecule has 0 aliphatic heterocycles. The number of hydrogen-bond donors (Lipinski definition) is 2. The zero-order valence-electron chi connectivity index (χ0n) is 11.6. The van der Waals surface area contributed by atoms with Crippen LogP contribution in [0.3, 0.4) is 0 Å². The molecule has 0 radical (unpaired) electrons. The third-order valence-corrected chi connectivity index (χ3v) is 3.11. The molecule has 102 valence electrons. The number of benzene rings is 1. The largest absolute Gasteiger partial charge is 0.387 e. The highest BCUT2D eigenvalue weighted by molar-refractivity contribution is 5.59. The Labute approximate surface area is 118 Å². The fraction of sp³-hybridized carbons (Fsp3) is 0.250. The van der Waals surface area contributed by atoms with Crippen LogP contribution in [0.25, 0.3) is 0 Å². The molecule has 1 atom stereocenters. The summed E-state index contributed by atoms with van der Waals surface area (Å²) >= 11 is 0. The monoisotopic (exact) mass is 267 g/mol. The van der Waals surface area contributed by atoms with Crippen LogP contribution in [0.5, 0.6) is 0 Å². The molecule has 0 bridgehead atoms. The van der Waals surface area contributed by atoms with Crippen molar-refractivity contribution in [2.24, 2.45) is 0 Å². The molecule has 0 aliphatic rings. The molecule has 20 heavy (non-hydrogen) atoms. The molecule has 1 heterocycles. The van der Waals surface area contributed by atoms with Crippen LogP contribution in [0, 0.1) is 25.2 Å². The maximum absolute atomic E-state index is 10.1. The van der Waals surface area contributed by atoms with Gasteiger partial charge in [0, 0.05) is 12.2 Å². The summed E-state index contributed by atoms with van der Waals surface area (Å²) in [7, 11) is 0. The zero-order chi connectivity index (χ0) is 14.5. The van der Waals surface area contributed by atoms with Gasteiger partial charge < -0.3 is 10.4 Å². The summed E-state index contributed by atoms with van der Waals surface area (Å²) in [6.45, 7) is 4.04. The Morgan fingerprint density at radius 1 is 1.30 bits per heavy atom. The first-order valence-electron chi connectivity index (χ1n) is 6.47. The van der Waals surface area contributed by atoms with Crippen molar-refractivity contribution in [3.63, 3.8) is 0 Å². The maximum atomic E-state index is 10.1. The first-order valence-corrected chi connectivity index (χ1v) is 6.47. The van der Waals surface area contributed by atoms with Gasteiger partial charge in [-0.05, 0) is 25.5 Å². The van der Waals surface area contributed by atoms with Crippen LogP contribution in [0.2, 0.25) is 0 Å². The topological polar surface area (TPSA) is 68.9 Å². The van der Waals surface area contributed by atoms with E-state index in [0.717, 1.165) is 11.3 Å². The molecule has 0 spiro atoms. The fourth-order valence-electron chi connectivity index (χ4n) is 2.11. The maximum Gasteiger partial charge on any atom is 0.103 e. The number of aryl methyl sites for hydroxylation is 2. The Morgan fingerprint density at radius 2 is 2.00 bits per heavy atom. The molecule has 0 fully saturated rings. The lowest BCUT2D eigenvalue weighted by Crippen LogP contribution is -2.13. The smallest absolute Gasteiger partial charge is 0.103 e. The van der Waals surface area contributed by atoms with Crippen molar-refractivity contribution in [1.29, 1.82) is 5.26 Å². The van der Waals surface area contributed by atoms with Crippen molar-refractivity contribution >= 4 is 5.69 Å². The summed E-state index contributed by atoms with van der Waals surface area (Å²) in [5, 5.41) is 22.4. The van der Waals surface area contributed by atoms with Gasteiger partial charge in [-0.3, -0.25) is 4.98 Å². The minimum Gasteiger partial charge on any atom is -0.387 e. The molecule has 2 rings (SSSR count). The molecular formula is C16H17N3O. The van der Waals surface area contributed by atoms with Gasteiger partial charge in [0.25, 0.3) is 0 Å². The lowest BCUT2D eigenvalue weighted by molar-refractivity contribution is 0.191. The van der Waals surface area contributed by atoms with Crippen LogP contribution < -0.4 is 5.32 Å². The van der Waals surface area contributed by atoms with Gasteiger partial charge in [0.2, 0.25) is 0 Å². The number of aliphatic hydroxyl groups is 1. The van der Waals surface area contributed by atoms with Crippen molar-refractivity contribution in [3.8, 4) is 6.07 Å². The third-order valence-electron chi connectivity index (χ3n) is 3.11. The van der Waals surface area contributed by atoms with E-state index in [1.165, 1.54) is 0 Å². The Hall–Kier alpha value is -2.38. The second-order valence-corrected chi connectivity index (χ2v) is 4.69. The van der Waals surface area contributed by atoms with E-state index in [0.29, 0.717) is 23.5 Å². The number of nitrogens with one attached hydrogen (secondary N) is 1. The first kappa shape index (κ1) is 14.0. The van der Waals surface area contributed by atoms with Crippen LogP contribution in [0.4, 0.5) is 5.69 Å². The van der Waals surface area contributed by atoms with Crippen molar-refractivity contribution in [1.82, 2.24) is 4.98 Å². The fourth-order valence-corrected chi connectivity index (χ4v) is 2.11. The SMILES string of the molecule is Cc1cc(NCC(O)c2ccccc2)c(C#N)c(C)n1. The number of nitriles is 1. The van der Waals surface area contributed by atoms with Crippen molar-refractivity contribution in [2.45, 2.75) is 20.0 Å². The zero-order valence-corrected chi connectivity index (χ0v) is 11.6. The number of hydrogen-bond acceptors (Lipinski definition) is 4. The third kappa shape index (κ3) is 3.14. The Morgan fingerprint density at radius 3 is 2.65 bits per heavy atom. The molecule has 0 saturated carbocycles. The highest BCUT2D eigenvalue weighted by Gasteiger charge is 2.11. The second kappa shape index (κ2) is 6.18. The highest BCUT2D eigenvalue weighted by atomic mass is 16.3. The van der Waals surface area contributed by atoms with E-state index in [9.17, 15) is 10.4 Å². The van der Waals surface area contributed by atoms with Gasteiger partial charge >= 0.3 is 0 Å². The first-order chi connectivity index (χ1) is 9.61. The average molecular weight is 267 g/mol. The van der Waals surface area contributed by atoms with Gasteiger partial charge in [-0.2, -0.15) is 5.26 Å². The van der Waals surface area contributed by atoms with Gasteiger partial charge in [-0.25, -0.2) is 0 Å². The summed E-state index contributed by atoms with van der Waals surface area (Å²) in [6.07, 6.45) is -0.614. The van der Waals surface area contributed by atoms with E-state index < -0.39 is 6.10 Å². The minimum atomic E-state index is -0.614. The van der Waals surface area contributed by atoms with Crippen molar-refractivity contribution in [2.75, 3.05) is 11.9 Å². The van der Waals surface area contributed by atoms with Crippen LogP contribution in [-0.2, 0) is 0 Å². The second-order valence-electron chi connectivity index (χ2n) is 4.69. The molecule has 4 nitrogen and oxygen atoms in total. The van der Waals surface area contributed by atoms with E-state index in [1.54, 1.807) is 0 Å². The number of nitrogens with zero attached hydrogens (tertiary/aromatic N) is 2. The molecule has 2 N–H and O–H groups in total. The summed E-state index contributed by atoms with van der Waals surface area (Å²) in [5.74, 6) is 0. The number of anilines is 1. The van der Waals surface area contributed by atoms with Gasteiger partial charge in [0.1, 0.15) is 6.07 Å². The van der Waals surface area contributed by atoms with Gasteiger partial charge in [0.15, 0.2) is 0 Å². The van der Waals surface area contributed by atoms with Crippen LogP contribution in [0.15, 0.2) is 36.4 Å². The Bertz CT molecular complexity index is 632. The number of aliphatic hydroxyl groups excluding tert-OH is 1. The van der Waals surface area contributed by atoms with Crippen molar-refractivity contribution in [3.05, 3.63) is 58.9 Å². The summed E-state index contributed by atoms with van der Waals surface area (Å²) < 4.78 is 0.